The molecule has 8 nitrogen and oxygen atoms in total. The minimum absolute atomic E-state index is 0.209. The van der Waals surface area contributed by atoms with Gasteiger partial charge in [0.25, 0.3) is 5.91 Å². The number of benzene rings is 1. The number of hydrogen-bond donors (Lipinski definition) is 1. The van der Waals surface area contributed by atoms with Gasteiger partial charge in [-0.05, 0) is 44.9 Å². The number of fused-ring (bicyclic) bond motifs is 1. The highest BCUT2D eigenvalue weighted by molar-refractivity contribution is 6.05. The molecule has 0 aliphatic carbocycles. The Morgan fingerprint density at radius 3 is 2.67 bits per heavy atom. The van der Waals surface area contributed by atoms with Crippen LogP contribution in [-0.4, -0.2) is 46.8 Å². The number of carbonyl (C=O) groups is 4. The molecule has 0 radical (unpaired) electrons. The van der Waals surface area contributed by atoms with Crippen LogP contribution < -0.4 is 10.1 Å². The molecule has 3 amide bonds. The Hall–Kier alpha value is -2.90. The summed E-state index contributed by atoms with van der Waals surface area (Å²) in [6, 6.07) is 4.32. The quantitative estimate of drug-likeness (QED) is 0.627. The molecule has 8 heteroatoms. The van der Waals surface area contributed by atoms with Crippen molar-refractivity contribution in [2.45, 2.75) is 51.8 Å². The van der Waals surface area contributed by atoms with Crippen LogP contribution in [0.25, 0.3) is 0 Å². The van der Waals surface area contributed by atoms with Gasteiger partial charge in [0.15, 0.2) is 6.61 Å². The van der Waals surface area contributed by atoms with Gasteiger partial charge in [0, 0.05) is 18.5 Å². The zero-order valence-electron chi connectivity index (χ0n) is 15.5. The molecule has 0 aromatic heterocycles. The van der Waals surface area contributed by atoms with Crippen molar-refractivity contribution in [3.63, 3.8) is 0 Å². The first kappa shape index (κ1) is 18.9. The summed E-state index contributed by atoms with van der Waals surface area (Å²) in [6.07, 6.45) is 0.521. The van der Waals surface area contributed by atoms with E-state index in [0.717, 1.165) is 5.56 Å². The third kappa shape index (κ3) is 4.27. The predicted molar refractivity (Wildman–Crippen MR) is 93.8 cm³/mol. The summed E-state index contributed by atoms with van der Waals surface area (Å²) in [7, 11) is 0. The normalized spacial score (nSPS) is 19.6. The number of imide groups is 1. The lowest BCUT2D eigenvalue weighted by atomic mass is 10.0. The van der Waals surface area contributed by atoms with Crippen molar-refractivity contribution >= 4 is 23.7 Å². The van der Waals surface area contributed by atoms with Crippen molar-refractivity contribution in [3.05, 3.63) is 29.3 Å². The van der Waals surface area contributed by atoms with E-state index in [9.17, 15) is 19.2 Å². The van der Waals surface area contributed by atoms with Gasteiger partial charge in [-0.3, -0.25) is 19.7 Å². The van der Waals surface area contributed by atoms with Gasteiger partial charge >= 0.3 is 5.97 Å². The van der Waals surface area contributed by atoms with E-state index < -0.39 is 23.5 Å². The molecule has 1 N–H and O–H groups in total. The Morgan fingerprint density at radius 2 is 2.00 bits per heavy atom. The van der Waals surface area contributed by atoms with E-state index in [-0.39, 0.29) is 24.8 Å². The molecule has 3 rings (SSSR count). The molecule has 0 bridgehead atoms. The first-order valence-corrected chi connectivity index (χ1v) is 8.76. The Bertz CT molecular complexity index is 811. The van der Waals surface area contributed by atoms with Crippen LogP contribution in [0, 0.1) is 0 Å². The molecule has 1 fully saturated rings. The number of nitrogens with one attached hydrogen (secondary N) is 1. The highest BCUT2D eigenvalue weighted by atomic mass is 16.6. The number of hydrogen-bond acceptors (Lipinski definition) is 6. The number of piperidine rings is 1. The monoisotopic (exact) mass is 374 g/mol. The van der Waals surface area contributed by atoms with Crippen LogP contribution in [0.2, 0.25) is 0 Å². The number of ether oxygens (including phenoxy) is 2. The van der Waals surface area contributed by atoms with Gasteiger partial charge in [0.1, 0.15) is 17.4 Å². The molecule has 0 saturated carbocycles. The third-order valence-electron chi connectivity index (χ3n) is 4.28. The average molecular weight is 374 g/mol. The fourth-order valence-electron chi connectivity index (χ4n) is 3.14. The van der Waals surface area contributed by atoms with Gasteiger partial charge in [-0.25, -0.2) is 4.79 Å². The molecule has 1 saturated heterocycles. The van der Waals surface area contributed by atoms with Crippen LogP contribution in [0.4, 0.5) is 0 Å². The summed E-state index contributed by atoms with van der Waals surface area (Å²) in [5.74, 6) is -1.19. The molecule has 1 atom stereocenters. The van der Waals surface area contributed by atoms with Crippen LogP contribution in [0.3, 0.4) is 0 Å². The molecule has 0 spiro atoms. The first-order valence-electron chi connectivity index (χ1n) is 8.76. The lowest BCUT2D eigenvalue weighted by Crippen LogP contribution is -2.52. The Morgan fingerprint density at radius 1 is 1.26 bits per heavy atom. The van der Waals surface area contributed by atoms with Crippen LogP contribution in [0.15, 0.2) is 18.2 Å². The first-order chi connectivity index (χ1) is 12.6. The second-order valence-electron chi connectivity index (χ2n) is 7.59. The van der Waals surface area contributed by atoms with Crippen molar-refractivity contribution in [1.82, 2.24) is 10.2 Å². The van der Waals surface area contributed by atoms with Crippen LogP contribution >= 0.6 is 0 Å². The number of amides is 3. The number of esters is 1. The fourth-order valence-corrected chi connectivity index (χ4v) is 3.14. The minimum Gasteiger partial charge on any atom is -0.482 e. The molecule has 2 aliphatic heterocycles. The summed E-state index contributed by atoms with van der Waals surface area (Å²) in [4.78, 5) is 49.3. The van der Waals surface area contributed by atoms with E-state index in [2.05, 4.69) is 5.32 Å². The van der Waals surface area contributed by atoms with Crippen molar-refractivity contribution in [2.24, 2.45) is 0 Å². The van der Waals surface area contributed by atoms with E-state index in [1.165, 1.54) is 4.90 Å². The van der Waals surface area contributed by atoms with Crippen LogP contribution in [-0.2, 0) is 25.7 Å². The van der Waals surface area contributed by atoms with Gasteiger partial charge in [-0.15, -0.1) is 0 Å². The summed E-state index contributed by atoms with van der Waals surface area (Å²) >= 11 is 0. The summed E-state index contributed by atoms with van der Waals surface area (Å²) in [5.41, 5.74) is 0.604. The Labute approximate surface area is 156 Å². The Balaban J connectivity index is 1.67. The standard InChI is InChI=1S/C19H22N2O6/c1-19(2,3)27-16(23)10-26-12-5-4-11-9-21(18(25)13(11)8-12)14-6-7-15(22)20-17(14)24/h4-5,8,14H,6-7,9-10H2,1-3H3,(H,20,22,24). The summed E-state index contributed by atoms with van der Waals surface area (Å²) < 4.78 is 10.6. The molecule has 2 heterocycles. The topological polar surface area (TPSA) is 102 Å². The molecule has 1 unspecified atom stereocenters. The van der Waals surface area contributed by atoms with Gasteiger partial charge in [-0.1, -0.05) is 6.07 Å². The maximum absolute atomic E-state index is 12.7. The van der Waals surface area contributed by atoms with Crippen molar-refractivity contribution in [2.75, 3.05) is 6.61 Å². The number of carbonyl (C=O) groups excluding carboxylic acids is 4. The fraction of sp³-hybridized carbons (Fsp3) is 0.474. The largest absolute Gasteiger partial charge is 0.482 e. The maximum atomic E-state index is 12.7. The van der Waals surface area contributed by atoms with Gasteiger partial charge in [0.2, 0.25) is 11.8 Å². The van der Waals surface area contributed by atoms with Crippen molar-refractivity contribution < 1.29 is 28.7 Å². The maximum Gasteiger partial charge on any atom is 0.344 e. The molecule has 2 aliphatic rings. The van der Waals surface area contributed by atoms with E-state index in [0.29, 0.717) is 24.3 Å². The SMILES string of the molecule is CC(C)(C)OC(=O)COc1ccc2c(c1)C(=O)N(C1CCC(=O)NC1=O)C2. The van der Waals surface area contributed by atoms with Gasteiger partial charge in [0.05, 0.1) is 0 Å². The highest BCUT2D eigenvalue weighted by Gasteiger charge is 2.39. The van der Waals surface area contributed by atoms with Gasteiger partial charge < -0.3 is 14.4 Å². The Kier molecular flexibility index (Phi) is 4.91. The second kappa shape index (κ2) is 7.02. The van der Waals surface area contributed by atoms with Crippen LogP contribution in [0.1, 0.15) is 49.5 Å². The molecule has 1 aromatic carbocycles. The average Bonchev–Trinajstić information content (AvgIpc) is 2.88. The molecule has 27 heavy (non-hydrogen) atoms. The number of nitrogens with zero attached hydrogens (tertiary/aromatic N) is 1. The number of rotatable bonds is 4. The molecule has 144 valence electrons. The van der Waals surface area contributed by atoms with Crippen molar-refractivity contribution in [1.29, 1.82) is 0 Å². The van der Waals surface area contributed by atoms with E-state index in [1.807, 2.05) is 0 Å². The summed E-state index contributed by atoms with van der Waals surface area (Å²) in [6.45, 7) is 5.33. The van der Waals surface area contributed by atoms with Gasteiger partial charge in [-0.2, -0.15) is 0 Å². The van der Waals surface area contributed by atoms with Crippen LogP contribution in [0.5, 0.6) is 5.75 Å². The zero-order chi connectivity index (χ0) is 19.8. The second-order valence-corrected chi connectivity index (χ2v) is 7.59. The lowest BCUT2D eigenvalue weighted by Gasteiger charge is -2.29. The third-order valence-corrected chi connectivity index (χ3v) is 4.28. The van der Waals surface area contributed by atoms with E-state index in [1.54, 1.807) is 39.0 Å². The summed E-state index contributed by atoms with van der Waals surface area (Å²) in [5, 5.41) is 2.27. The molecular weight excluding hydrogens is 352 g/mol. The lowest BCUT2D eigenvalue weighted by molar-refractivity contribution is -0.157. The predicted octanol–water partition coefficient (Wildman–Crippen LogP) is 1.17. The van der Waals surface area contributed by atoms with E-state index >= 15 is 0 Å². The molecular formula is C19H22N2O6. The highest BCUT2D eigenvalue weighted by Crippen LogP contribution is 2.30. The smallest absolute Gasteiger partial charge is 0.344 e. The minimum atomic E-state index is -0.659. The zero-order valence-corrected chi connectivity index (χ0v) is 15.5. The van der Waals surface area contributed by atoms with E-state index in [4.69, 9.17) is 9.47 Å². The molecule has 1 aromatic rings. The van der Waals surface area contributed by atoms with Crippen molar-refractivity contribution in [3.8, 4) is 5.75 Å².